The van der Waals surface area contributed by atoms with E-state index in [0.29, 0.717) is 0 Å². The zero-order chi connectivity index (χ0) is 15.7. The molecule has 116 valence electrons. The lowest BCUT2D eigenvalue weighted by molar-refractivity contribution is 0.379. The highest BCUT2D eigenvalue weighted by Crippen LogP contribution is 2.41. The van der Waals surface area contributed by atoms with E-state index >= 15 is 0 Å². The normalized spacial score (nSPS) is 15.3. The summed E-state index contributed by atoms with van der Waals surface area (Å²) in [4.78, 5) is 0. The van der Waals surface area contributed by atoms with Crippen molar-refractivity contribution in [1.29, 1.82) is 0 Å². The SMILES string of the molecule is CC1(c2nocc2NCc2ccccc2)Cc2ccccc2C1. The third-order valence-electron chi connectivity index (χ3n) is 4.75. The van der Waals surface area contributed by atoms with Gasteiger partial charge in [-0.05, 0) is 29.5 Å². The van der Waals surface area contributed by atoms with Crippen molar-refractivity contribution >= 4 is 5.69 Å². The number of hydrogen-bond donors (Lipinski definition) is 1. The van der Waals surface area contributed by atoms with Crippen LogP contribution in [0.2, 0.25) is 0 Å². The Bertz CT molecular complexity index is 782. The van der Waals surface area contributed by atoms with Crippen molar-refractivity contribution < 1.29 is 4.52 Å². The van der Waals surface area contributed by atoms with Gasteiger partial charge in [-0.3, -0.25) is 0 Å². The van der Waals surface area contributed by atoms with E-state index in [9.17, 15) is 0 Å². The van der Waals surface area contributed by atoms with Gasteiger partial charge >= 0.3 is 0 Å². The van der Waals surface area contributed by atoms with E-state index in [0.717, 1.165) is 30.8 Å². The van der Waals surface area contributed by atoms with Crippen LogP contribution >= 0.6 is 0 Å². The fourth-order valence-electron chi connectivity index (χ4n) is 3.56. The van der Waals surface area contributed by atoms with Gasteiger partial charge in [0.2, 0.25) is 0 Å². The summed E-state index contributed by atoms with van der Waals surface area (Å²) in [6, 6.07) is 19.0. The highest BCUT2D eigenvalue weighted by atomic mass is 16.5. The molecule has 0 bridgehead atoms. The minimum absolute atomic E-state index is 0.00426. The summed E-state index contributed by atoms with van der Waals surface area (Å²) in [6.45, 7) is 3.05. The van der Waals surface area contributed by atoms with Gasteiger partial charge in [-0.1, -0.05) is 66.7 Å². The highest BCUT2D eigenvalue weighted by molar-refractivity contribution is 5.52. The Labute approximate surface area is 136 Å². The summed E-state index contributed by atoms with van der Waals surface area (Å²) in [5.74, 6) is 0. The first kappa shape index (κ1) is 14.1. The Morgan fingerprint density at radius 3 is 2.35 bits per heavy atom. The minimum atomic E-state index is -0.00426. The van der Waals surface area contributed by atoms with E-state index in [-0.39, 0.29) is 5.41 Å². The van der Waals surface area contributed by atoms with E-state index in [4.69, 9.17) is 4.52 Å². The molecule has 0 aliphatic heterocycles. The summed E-state index contributed by atoms with van der Waals surface area (Å²) in [7, 11) is 0. The number of nitrogens with zero attached hydrogens (tertiary/aromatic N) is 1. The van der Waals surface area contributed by atoms with Crippen LogP contribution in [0.4, 0.5) is 5.69 Å². The Kier molecular flexibility index (Phi) is 3.41. The van der Waals surface area contributed by atoms with Crippen molar-refractivity contribution in [2.24, 2.45) is 0 Å². The lowest BCUT2D eigenvalue weighted by Crippen LogP contribution is -2.24. The predicted octanol–water partition coefficient (Wildman–Crippen LogP) is 4.34. The number of benzene rings is 2. The number of nitrogens with one attached hydrogen (secondary N) is 1. The van der Waals surface area contributed by atoms with E-state index in [2.05, 4.69) is 65.9 Å². The van der Waals surface area contributed by atoms with Crippen LogP contribution in [-0.2, 0) is 24.8 Å². The summed E-state index contributed by atoms with van der Waals surface area (Å²) in [6.07, 6.45) is 3.75. The quantitative estimate of drug-likeness (QED) is 0.779. The molecule has 1 aromatic heterocycles. The predicted molar refractivity (Wildman–Crippen MR) is 91.5 cm³/mol. The number of hydrogen-bond acceptors (Lipinski definition) is 3. The van der Waals surface area contributed by atoms with Crippen LogP contribution in [0.1, 0.15) is 29.3 Å². The maximum absolute atomic E-state index is 5.30. The molecule has 23 heavy (non-hydrogen) atoms. The van der Waals surface area contributed by atoms with Crippen LogP contribution in [0.5, 0.6) is 0 Å². The maximum atomic E-state index is 5.30. The third-order valence-corrected chi connectivity index (χ3v) is 4.75. The van der Waals surface area contributed by atoms with E-state index in [1.54, 1.807) is 6.26 Å². The number of fused-ring (bicyclic) bond motifs is 1. The monoisotopic (exact) mass is 304 g/mol. The molecule has 1 heterocycles. The van der Waals surface area contributed by atoms with Gasteiger partial charge in [0.1, 0.15) is 12.0 Å². The van der Waals surface area contributed by atoms with Crippen LogP contribution in [-0.4, -0.2) is 5.16 Å². The van der Waals surface area contributed by atoms with Gasteiger partial charge in [-0.25, -0.2) is 0 Å². The van der Waals surface area contributed by atoms with Gasteiger partial charge in [-0.2, -0.15) is 0 Å². The van der Waals surface area contributed by atoms with Gasteiger partial charge in [0.15, 0.2) is 0 Å². The largest absolute Gasteiger partial charge is 0.377 e. The number of rotatable bonds is 4. The van der Waals surface area contributed by atoms with Crippen LogP contribution < -0.4 is 5.32 Å². The summed E-state index contributed by atoms with van der Waals surface area (Å²) in [5.41, 5.74) is 6.13. The molecule has 0 saturated heterocycles. The molecule has 1 N–H and O–H groups in total. The zero-order valence-electron chi connectivity index (χ0n) is 13.3. The zero-order valence-corrected chi connectivity index (χ0v) is 13.3. The van der Waals surface area contributed by atoms with Crippen molar-refractivity contribution in [3.63, 3.8) is 0 Å². The average Bonchev–Trinajstić information content (AvgIpc) is 3.17. The van der Waals surface area contributed by atoms with Crippen molar-refractivity contribution in [3.8, 4) is 0 Å². The van der Waals surface area contributed by atoms with Gasteiger partial charge in [-0.15, -0.1) is 0 Å². The second-order valence-electron chi connectivity index (χ2n) is 6.60. The smallest absolute Gasteiger partial charge is 0.147 e. The Hall–Kier alpha value is -2.55. The topological polar surface area (TPSA) is 38.1 Å². The third kappa shape index (κ3) is 2.63. The molecule has 2 aromatic carbocycles. The summed E-state index contributed by atoms with van der Waals surface area (Å²) >= 11 is 0. The van der Waals surface area contributed by atoms with Gasteiger partial charge < -0.3 is 9.84 Å². The molecule has 1 aliphatic rings. The second kappa shape index (κ2) is 5.58. The molecule has 3 aromatic rings. The van der Waals surface area contributed by atoms with Crippen molar-refractivity contribution in [2.75, 3.05) is 5.32 Å². The first-order valence-corrected chi connectivity index (χ1v) is 8.04. The van der Waals surface area contributed by atoms with Crippen molar-refractivity contribution in [3.05, 3.63) is 83.2 Å². The first-order valence-electron chi connectivity index (χ1n) is 8.04. The standard InChI is InChI=1S/C20H20N2O/c1-20(11-16-9-5-6-10-17(16)12-20)19-18(14-23-22-19)21-13-15-7-3-2-4-8-15/h2-10,14,21H,11-13H2,1H3. The second-order valence-corrected chi connectivity index (χ2v) is 6.60. The molecule has 0 atom stereocenters. The molecule has 3 heteroatoms. The fourth-order valence-corrected chi connectivity index (χ4v) is 3.56. The molecule has 3 nitrogen and oxygen atoms in total. The molecule has 1 aliphatic carbocycles. The lowest BCUT2D eigenvalue weighted by atomic mass is 9.83. The summed E-state index contributed by atoms with van der Waals surface area (Å²) < 4.78 is 5.30. The van der Waals surface area contributed by atoms with E-state index < -0.39 is 0 Å². The first-order chi connectivity index (χ1) is 11.2. The summed E-state index contributed by atoms with van der Waals surface area (Å²) in [5, 5.41) is 7.81. The number of aromatic nitrogens is 1. The van der Waals surface area contributed by atoms with Gasteiger partial charge in [0, 0.05) is 12.0 Å². The minimum Gasteiger partial charge on any atom is -0.377 e. The average molecular weight is 304 g/mol. The van der Waals surface area contributed by atoms with E-state index in [1.807, 2.05) is 6.07 Å². The molecule has 4 rings (SSSR count). The van der Waals surface area contributed by atoms with Crippen molar-refractivity contribution in [2.45, 2.75) is 31.7 Å². The van der Waals surface area contributed by atoms with Crippen LogP contribution in [0.3, 0.4) is 0 Å². The molecule has 0 unspecified atom stereocenters. The van der Waals surface area contributed by atoms with Gasteiger partial charge in [0.05, 0.1) is 5.69 Å². The van der Waals surface area contributed by atoms with Gasteiger partial charge in [0.25, 0.3) is 0 Å². The highest BCUT2D eigenvalue weighted by Gasteiger charge is 2.38. The van der Waals surface area contributed by atoms with Crippen LogP contribution in [0.15, 0.2) is 65.4 Å². The molecule has 0 fully saturated rings. The fraction of sp³-hybridized carbons (Fsp3) is 0.250. The lowest BCUT2D eigenvalue weighted by Gasteiger charge is -2.22. The van der Waals surface area contributed by atoms with Crippen molar-refractivity contribution in [1.82, 2.24) is 5.16 Å². The molecular formula is C20H20N2O. The molecule has 0 spiro atoms. The van der Waals surface area contributed by atoms with Crippen LogP contribution in [0.25, 0.3) is 0 Å². The maximum Gasteiger partial charge on any atom is 0.147 e. The molecular weight excluding hydrogens is 284 g/mol. The molecule has 0 radical (unpaired) electrons. The Balaban J connectivity index is 1.56. The molecule has 0 amide bonds. The Morgan fingerprint density at radius 1 is 1.00 bits per heavy atom. The van der Waals surface area contributed by atoms with E-state index in [1.165, 1.54) is 16.7 Å². The van der Waals surface area contributed by atoms with Crippen LogP contribution in [0, 0.1) is 0 Å². The molecule has 0 saturated carbocycles. The number of anilines is 1. The Morgan fingerprint density at radius 2 is 1.65 bits per heavy atom.